The molecule has 33 heavy (non-hydrogen) atoms. The summed E-state index contributed by atoms with van der Waals surface area (Å²) in [5.41, 5.74) is 2.96. The first-order chi connectivity index (χ1) is 16.1. The molecule has 0 radical (unpaired) electrons. The van der Waals surface area contributed by atoms with E-state index in [1.54, 1.807) is 24.0 Å². The lowest BCUT2D eigenvalue weighted by atomic mass is 9.81. The van der Waals surface area contributed by atoms with Crippen molar-refractivity contribution in [2.45, 2.75) is 31.6 Å². The molecule has 7 nitrogen and oxygen atoms in total. The topological polar surface area (TPSA) is 96.6 Å². The van der Waals surface area contributed by atoms with Crippen LogP contribution in [0.2, 0.25) is 0 Å². The molecule has 1 amide bonds. The van der Waals surface area contributed by atoms with Crippen LogP contribution in [-0.4, -0.2) is 45.4 Å². The average molecular weight is 446 g/mol. The Hall–Kier alpha value is -3.60. The summed E-state index contributed by atoms with van der Waals surface area (Å²) in [5.74, 6) is 7.54. The van der Waals surface area contributed by atoms with E-state index in [2.05, 4.69) is 22.1 Å². The second-order valence-electron chi connectivity index (χ2n) is 8.00. The highest BCUT2D eigenvalue weighted by molar-refractivity contribution is 5.79. The summed E-state index contributed by atoms with van der Waals surface area (Å²) >= 11 is 0. The highest BCUT2D eigenvalue weighted by atomic mass is 16.5. The Balaban J connectivity index is 1.37. The van der Waals surface area contributed by atoms with Gasteiger partial charge in [0.15, 0.2) is 0 Å². The number of hydrogen-bond donors (Lipinski definition) is 3. The number of carbonyl (C=O) groups is 1. The molecule has 0 bridgehead atoms. The van der Waals surface area contributed by atoms with Gasteiger partial charge in [-0.25, -0.2) is 4.98 Å². The molecule has 1 aliphatic carbocycles. The van der Waals surface area contributed by atoms with Crippen molar-refractivity contribution in [1.29, 1.82) is 0 Å². The van der Waals surface area contributed by atoms with E-state index in [4.69, 9.17) is 4.74 Å². The van der Waals surface area contributed by atoms with Crippen molar-refractivity contribution in [1.82, 2.24) is 14.9 Å². The number of ether oxygens (including phenoxy) is 1. The Morgan fingerprint density at radius 3 is 2.42 bits per heavy atom. The summed E-state index contributed by atoms with van der Waals surface area (Å²) in [6, 6.07) is 15.4. The number of hydrogen-bond acceptors (Lipinski definition) is 5. The van der Waals surface area contributed by atoms with Crippen LogP contribution in [0, 0.1) is 17.8 Å². The zero-order valence-corrected chi connectivity index (χ0v) is 18.4. The summed E-state index contributed by atoms with van der Waals surface area (Å²) in [5, 5.41) is 21.7. The van der Waals surface area contributed by atoms with E-state index >= 15 is 0 Å². The van der Waals surface area contributed by atoms with Gasteiger partial charge in [-0.15, -0.1) is 0 Å². The third-order valence-corrected chi connectivity index (χ3v) is 5.87. The number of amides is 1. The minimum Gasteiger partial charge on any atom is -0.490 e. The molecule has 1 heterocycles. The molecule has 3 aromatic rings. The number of nitrogens with zero attached hydrogens (tertiary/aromatic N) is 2. The van der Waals surface area contributed by atoms with Crippen molar-refractivity contribution in [2.24, 2.45) is 5.92 Å². The van der Waals surface area contributed by atoms with E-state index in [0.717, 1.165) is 35.3 Å². The molecule has 0 spiro atoms. The number of carbonyl (C=O) groups excluding carboxylic acids is 1. The number of nitrogens with one attached hydrogen (secondary N) is 1. The number of aliphatic hydroxyl groups is 2. The van der Waals surface area contributed by atoms with Crippen LogP contribution in [0.5, 0.6) is 5.75 Å². The molecule has 0 aliphatic heterocycles. The fraction of sp³-hybridized carbons (Fsp3) is 0.308. The Morgan fingerprint density at radius 2 is 1.82 bits per heavy atom. The van der Waals surface area contributed by atoms with Crippen molar-refractivity contribution in [3.63, 3.8) is 0 Å². The van der Waals surface area contributed by atoms with Gasteiger partial charge in [0.25, 0.3) is 0 Å². The highest BCUT2D eigenvalue weighted by Gasteiger charge is 2.35. The largest absolute Gasteiger partial charge is 0.490 e. The summed E-state index contributed by atoms with van der Waals surface area (Å²) in [7, 11) is 1.66. The monoisotopic (exact) mass is 445 g/mol. The minimum atomic E-state index is -0.468. The molecular weight excluding hydrogens is 418 g/mol. The molecule has 1 aromatic heterocycles. The van der Waals surface area contributed by atoms with Crippen molar-refractivity contribution in [3.05, 3.63) is 72.3 Å². The Morgan fingerprint density at radius 1 is 1.15 bits per heavy atom. The van der Waals surface area contributed by atoms with E-state index in [9.17, 15) is 15.0 Å². The van der Waals surface area contributed by atoms with Gasteiger partial charge in [-0.2, -0.15) is 0 Å². The van der Waals surface area contributed by atoms with Crippen molar-refractivity contribution in [2.75, 3.05) is 13.7 Å². The highest BCUT2D eigenvalue weighted by Crippen LogP contribution is 2.32. The molecule has 1 aliphatic rings. The number of aromatic nitrogens is 2. The van der Waals surface area contributed by atoms with E-state index in [-0.39, 0.29) is 31.1 Å². The average Bonchev–Trinajstić information content (AvgIpc) is 3.31. The van der Waals surface area contributed by atoms with Gasteiger partial charge in [-0.1, -0.05) is 36.1 Å². The molecule has 1 unspecified atom stereocenters. The van der Waals surface area contributed by atoms with Crippen LogP contribution in [0.3, 0.4) is 0 Å². The van der Waals surface area contributed by atoms with Crippen molar-refractivity contribution in [3.8, 4) is 28.7 Å². The van der Waals surface area contributed by atoms with Crippen molar-refractivity contribution >= 4 is 5.91 Å². The van der Waals surface area contributed by atoms with Gasteiger partial charge in [0.1, 0.15) is 30.3 Å². The van der Waals surface area contributed by atoms with E-state index in [1.165, 1.54) is 0 Å². The van der Waals surface area contributed by atoms with E-state index in [0.29, 0.717) is 5.82 Å². The first kappa shape index (κ1) is 22.6. The fourth-order valence-corrected chi connectivity index (χ4v) is 3.86. The Kier molecular flexibility index (Phi) is 7.08. The second kappa shape index (κ2) is 10.3. The third kappa shape index (κ3) is 5.25. The van der Waals surface area contributed by atoms with Crippen LogP contribution in [-0.2, 0) is 11.4 Å². The van der Waals surface area contributed by atoms with Gasteiger partial charge < -0.3 is 24.8 Å². The molecule has 1 atom stereocenters. The number of imidazole rings is 1. The van der Waals surface area contributed by atoms with Gasteiger partial charge in [-0.05, 0) is 48.2 Å². The molecule has 4 rings (SSSR count). The molecule has 1 fully saturated rings. The maximum atomic E-state index is 11.6. The van der Waals surface area contributed by atoms with E-state index < -0.39 is 6.04 Å². The lowest BCUT2D eigenvalue weighted by molar-refractivity contribution is -0.130. The summed E-state index contributed by atoms with van der Waals surface area (Å²) in [4.78, 5) is 15.6. The standard InChI is InChI=1S/C26H27N3O4/c1-27-26(32)21-14-24(15-21)33-23-10-7-20(8-11-23)19-5-2-18(3-6-19)4-9-22(16-30)29-13-12-28-25(29)17-31/h2-3,5-8,10-13,21-22,24,30-31H,14-17H2,1H3,(H,27,32). The molecule has 170 valence electrons. The predicted molar refractivity (Wildman–Crippen MR) is 124 cm³/mol. The predicted octanol–water partition coefficient (Wildman–Crippen LogP) is 2.53. The lowest BCUT2D eigenvalue weighted by Crippen LogP contribution is -2.42. The van der Waals surface area contributed by atoms with Crippen molar-refractivity contribution < 1.29 is 19.7 Å². The van der Waals surface area contributed by atoms with Gasteiger partial charge in [-0.3, -0.25) is 4.79 Å². The molecule has 7 heteroatoms. The van der Waals surface area contributed by atoms with Crippen LogP contribution >= 0.6 is 0 Å². The fourth-order valence-electron chi connectivity index (χ4n) is 3.86. The summed E-state index contributed by atoms with van der Waals surface area (Å²) in [6.07, 6.45) is 4.87. The second-order valence-corrected chi connectivity index (χ2v) is 8.00. The maximum absolute atomic E-state index is 11.6. The van der Waals surface area contributed by atoms with Gasteiger partial charge >= 0.3 is 0 Å². The number of benzene rings is 2. The normalized spacial score (nSPS) is 17.9. The van der Waals surface area contributed by atoms with Crippen LogP contribution in [0.25, 0.3) is 11.1 Å². The minimum absolute atomic E-state index is 0.0604. The summed E-state index contributed by atoms with van der Waals surface area (Å²) < 4.78 is 7.63. The van der Waals surface area contributed by atoms with Gasteiger partial charge in [0.05, 0.1) is 6.61 Å². The SMILES string of the molecule is CNC(=O)C1CC(Oc2ccc(-c3ccc(C#CC(CO)n4ccnc4CO)cc3)cc2)C1. The molecule has 1 saturated carbocycles. The van der Waals surface area contributed by atoms with Crippen LogP contribution < -0.4 is 10.1 Å². The number of aliphatic hydroxyl groups excluding tert-OH is 2. The smallest absolute Gasteiger partial charge is 0.223 e. The molecule has 2 aromatic carbocycles. The quantitative estimate of drug-likeness (QED) is 0.486. The Bertz CT molecular complexity index is 1140. The zero-order valence-electron chi connectivity index (χ0n) is 18.4. The Labute approximate surface area is 193 Å². The molecule has 0 saturated heterocycles. The molecule has 3 N–H and O–H groups in total. The van der Waals surface area contributed by atoms with Crippen LogP contribution in [0.1, 0.15) is 30.3 Å². The lowest BCUT2D eigenvalue weighted by Gasteiger charge is -2.34. The van der Waals surface area contributed by atoms with Gasteiger partial charge in [0.2, 0.25) is 5.91 Å². The van der Waals surface area contributed by atoms with Crippen LogP contribution in [0.15, 0.2) is 60.9 Å². The van der Waals surface area contributed by atoms with Gasteiger partial charge in [0, 0.05) is 30.9 Å². The summed E-state index contributed by atoms with van der Waals surface area (Å²) in [6.45, 7) is -0.378. The maximum Gasteiger partial charge on any atom is 0.223 e. The van der Waals surface area contributed by atoms with Crippen LogP contribution in [0.4, 0.5) is 0 Å². The zero-order chi connectivity index (χ0) is 23.2. The number of rotatable bonds is 7. The van der Waals surface area contributed by atoms with E-state index in [1.807, 2.05) is 48.5 Å². The molecular formula is C26H27N3O4. The first-order valence-electron chi connectivity index (χ1n) is 10.9. The third-order valence-electron chi connectivity index (χ3n) is 5.87. The first-order valence-corrected chi connectivity index (χ1v) is 10.9.